The van der Waals surface area contributed by atoms with E-state index < -0.39 is 24.8 Å². The van der Waals surface area contributed by atoms with E-state index in [1.165, 1.54) is 12.1 Å². The van der Waals surface area contributed by atoms with Crippen molar-refractivity contribution in [3.8, 4) is 6.07 Å². The summed E-state index contributed by atoms with van der Waals surface area (Å²) in [5.74, 6) is -1.15. The third kappa shape index (κ3) is 5.40. The van der Waals surface area contributed by atoms with Crippen molar-refractivity contribution in [2.75, 3.05) is 18.5 Å². The van der Waals surface area contributed by atoms with Gasteiger partial charge in [0, 0.05) is 5.69 Å². The van der Waals surface area contributed by atoms with Crippen molar-refractivity contribution in [1.82, 2.24) is 0 Å². The maximum absolute atomic E-state index is 13.0. The maximum atomic E-state index is 13.0. The smallest absolute Gasteiger partial charge is 0.261 e. The Hall–Kier alpha value is -2.07. The molecule has 0 fully saturated rings. The van der Waals surface area contributed by atoms with E-state index in [0.29, 0.717) is 0 Å². The Morgan fingerprint density at radius 2 is 2.21 bits per heavy atom. The molecule has 7 heteroatoms. The molecule has 0 heterocycles. The molecule has 0 saturated carbocycles. The fourth-order valence-corrected chi connectivity index (χ4v) is 1.25. The van der Waals surface area contributed by atoms with Gasteiger partial charge in [0.15, 0.2) is 0 Å². The van der Waals surface area contributed by atoms with Crippen LogP contribution in [0.5, 0.6) is 0 Å². The highest BCUT2D eigenvalue weighted by Gasteiger charge is 2.07. The number of rotatable bonds is 6. The number of nitriles is 1. The lowest BCUT2D eigenvalue weighted by molar-refractivity contribution is -0.117. The number of carbonyl (C=O) groups excluding carboxylic acids is 1. The molecule has 0 bridgehead atoms. The molecule has 0 aliphatic carbocycles. The summed E-state index contributed by atoms with van der Waals surface area (Å²) in [4.78, 5) is 11.4. The average Bonchev–Trinajstić information content (AvgIpc) is 2.37. The fourth-order valence-electron chi connectivity index (χ4n) is 1.25. The third-order valence-electron chi connectivity index (χ3n) is 2.09. The molecule has 1 amide bonds. The van der Waals surface area contributed by atoms with Crippen LogP contribution in [0.4, 0.5) is 18.9 Å². The number of nitrogens with one attached hydrogen (secondary N) is 1. The molecule has 1 aromatic carbocycles. The quantitative estimate of drug-likeness (QED) is 0.808. The van der Waals surface area contributed by atoms with Crippen molar-refractivity contribution in [1.29, 1.82) is 5.26 Å². The van der Waals surface area contributed by atoms with Crippen molar-refractivity contribution in [2.45, 2.75) is 12.8 Å². The first-order valence-corrected chi connectivity index (χ1v) is 5.38. The van der Waals surface area contributed by atoms with Crippen molar-refractivity contribution in [3.05, 3.63) is 29.6 Å². The summed E-state index contributed by atoms with van der Waals surface area (Å²) in [5, 5.41) is 11.0. The van der Waals surface area contributed by atoms with Crippen LogP contribution in [0.25, 0.3) is 0 Å². The second-order valence-electron chi connectivity index (χ2n) is 3.57. The number of halogens is 3. The molecule has 19 heavy (non-hydrogen) atoms. The van der Waals surface area contributed by atoms with Crippen LogP contribution < -0.4 is 5.32 Å². The van der Waals surface area contributed by atoms with Crippen molar-refractivity contribution in [3.63, 3.8) is 0 Å². The highest BCUT2D eigenvalue weighted by Crippen LogP contribution is 2.14. The topological polar surface area (TPSA) is 62.1 Å². The van der Waals surface area contributed by atoms with Crippen LogP contribution in [0.15, 0.2) is 18.2 Å². The summed E-state index contributed by atoms with van der Waals surface area (Å²) in [6.45, 7) is -0.856. The van der Waals surface area contributed by atoms with E-state index in [2.05, 4.69) is 10.1 Å². The number of anilines is 1. The number of nitrogens with zero attached hydrogens (tertiary/aromatic N) is 1. The van der Waals surface area contributed by atoms with Crippen molar-refractivity contribution < 1.29 is 22.7 Å². The van der Waals surface area contributed by atoms with Gasteiger partial charge in [0.2, 0.25) is 5.91 Å². The molecule has 4 nitrogen and oxygen atoms in total. The summed E-state index contributed by atoms with van der Waals surface area (Å²) >= 11 is 0. The van der Waals surface area contributed by atoms with Gasteiger partial charge < -0.3 is 10.1 Å². The van der Waals surface area contributed by atoms with Gasteiger partial charge in [0.25, 0.3) is 6.43 Å². The molecule has 0 aliphatic heterocycles. The SMILES string of the molecule is N#Cc1cc(NC(=O)CCOCC(F)F)ccc1F. The van der Waals surface area contributed by atoms with Gasteiger partial charge >= 0.3 is 0 Å². The van der Waals surface area contributed by atoms with Crippen LogP contribution in [0.3, 0.4) is 0 Å². The monoisotopic (exact) mass is 272 g/mol. The van der Waals surface area contributed by atoms with E-state index in [0.717, 1.165) is 6.07 Å². The number of ether oxygens (including phenoxy) is 1. The van der Waals surface area contributed by atoms with Crippen molar-refractivity contribution >= 4 is 11.6 Å². The lowest BCUT2D eigenvalue weighted by atomic mass is 10.2. The minimum absolute atomic E-state index is 0.105. The molecule has 0 unspecified atom stereocenters. The van der Waals surface area contributed by atoms with E-state index in [-0.39, 0.29) is 24.3 Å². The standard InChI is InChI=1S/C12H11F3N2O2/c13-10-2-1-9(5-8(10)6-16)17-12(18)3-4-19-7-11(14)15/h1-2,5,11H,3-4,7H2,(H,17,18). The molecule has 0 saturated heterocycles. The molecular weight excluding hydrogens is 261 g/mol. The number of hydrogen-bond donors (Lipinski definition) is 1. The molecule has 1 aromatic rings. The van der Waals surface area contributed by atoms with Gasteiger partial charge in [-0.3, -0.25) is 4.79 Å². The maximum Gasteiger partial charge on any atom is 0.261 e. The average molecular weight is 272 g/mol. The molecule has 0 radical (unpaired) electrons. The van der Waals surface area contributed by atoms with Crippen LogP contribution >= 0.6 is 0 Å². The Morgan fingerprint density at radius 3 is 2.84 bits per heavy atom. The van der Waals surface area contributed by atoms with Gasteiger partial charge in [0.05, 0.1) is 18.6 Å². The number of amides is 1. The lowest BCUT2D eigenvalue weighted by Gasteiger charge is -2.06. The summed E-state index contributed by atoms with van der Waals surface area (Å²) < 4.78 is 41.0. The first kappa shape index (κ1) is 15.0. The van der Waals surface area contributed by atoms with E-state index in [1.807, 2.05) is 0 Å². The zero-order valence-electron chi connectivity index (χ0n) is 9.83. The van der Waals surface area contributed by atoms with E-state index in [1.54, 1.807) is 6.07 Å². The fraction of sp³-hybridized carbons (Fsp3) is 0.333. The Bertz CT molecular complexity index is 486. The van der Waals surface area contributed by atoms with Gasteiger partial charge in [-0.05, 0) is 18.2 Å². The zero-order valence-corrected chi connectivity index (χ0v) is 9.83. The predicted molar refractivity (Wildman–Crippen MR) is 61.2 cm³/mol. The number of hydrogen-bond acceptors (Lipinski definition) is 3. The van der Waals surface area contributed by atoms with Crippen LogP contribution in [-0.2, 0) is 9.53 Å². The van der Waals surface area contributed by atoms with Gasteiger partial charge in [-0.1, -0.05) is 0 Å². The van der Waals surface area contributed by atoms with E-state index in [9.17, 15) is 18.0 Å². The summed E-state index contributed by atoms with van der Waals surface area (Å²) in [6, 6.07) is 5.18. The third-order valence-corrected chi connectivity index (χ3v) is 2.09. The summed E-state index contributed by atoms with van der Waals surface area (Å²) in [6.07, 6.45) is -2.68. The summed E-state index contributed by atoms with van der Waals surface area (Å²) in [7, 11) is 0. The molecule has 0 atom stereocenters. The molecule has 0 spiro atoms. The van der Waals surface area contributed by atoms with Crippen LogP contribution in [0, 0.1) is 17.1 Å². The number of alkyl halides is 2. The number of benzene rings is 1. The van der Waals surface area contributed by atoms with E-state index >= 15 is 0 Å². The molecule has 0 aliphatic rings. The van der Waals surface area contributed by atoms with Crippen molar-refractivity contribution in [2.24, 2.45) is 0 Å². The Balaban J connectivity index is 2.42. The molecule has 102 valence electrons. The Morgan fingerprint density at radius 1 is 1.47 bits per heavy atom. The predicted octanol–water partition coefficient (Wildman–Crippen LogP) is 2.31. The Labute approximate surface area is 107 Å². The molecule has 1 N–H and O–H groups in total. The normalized spacial score (nSPS) is 10.3. The number of carbonyl (C=O) groups is 1. The molecule has 1 rings (SSSR count). The first-order valence-electron chi connectivity index (χ1n) is 5.38. The van der Waals surface area contributed by atoms with Crippen LogP contribution in [0.2, 0.25) is 0 Å². The largest absolute Gasteiger partial charge is 0.375 e. The van der Waals surface area contributed by atoms with Gasteiger partial charge in [-0.15, -0.1) is 0 Å². The Kier molecular flexibility index (Phi) is 5.82. The second-order valence-corrected chi connectivity index (χ2v) is 3.57. The minimum atomic E-state index is -2.57. The van der Waals surface area contributed by atoms with Gasteiger partial charge in [0.1, 0.15) is 18.5 Å². The van der Waals surface area contributed by atoms with Crippen LogP contribution in [0.1, 0.15) is 12.0 Å². The minimum Gasteiger partial charge on any atom is -0.375 e. The highest BCUT2D eigenvalue weighted by atomic mass is 19.3. The highest BCUT2D eigenvalue weighted by molar-refractivity contribution is 5.90. The first-order chi connectivity index (χ1) is 9.02. The molecule has 0 aromatic heterocycles. The van der Waals surface area contributed by atoms with Gasteiger partial charge in [-0.2, -0.15) is 5.26 Å². The zero-order chi connectivity index (χ0) is 14.3. The second kappa shape index (κ2) is 7.38. The summed E-state index contributed by atoms with van der Waals surface area (Å²) in [5.41, 5.74) is 0.0727. The van der Waals surface area contributed by atoms with Gasteiger partial charge in [-0.25, -0.2) is 13.2 Å². The van der Waals surface area contributed by atoms with E-state index in [4.69, 9.17) is 5.26 Å². The lowest BCUT2D eigenvalue weighted by Crippen LogP contribution is -2.15. The molecular formula is C12H11F3N2O2. The van der Waals surface area contributed by atoms with Crippen LogP contribution in [-0.4, -0.2) is 25.5 Å².